The number of aliphatic hydroxyl groups excluding tert-OH is 1. The topological polar surface area (TPSA) is 88.5 Å². The third kappa shape index (κ3) is 4.46. The summed E-state index contributed by atoms with van der Waals surface area (Å²) in [7, 11) is 1.58. The van der Waals surface area contributed by atoms with Gasteiger partial charge >= 0.3 is 0 Å². The van der Waals surface area contributed by atoms with E-state index in [0.29, 0.717) is 35.8 Å². The van der Waals surface area contributed by atoms with Crippen molar-refractivity contribution in [1.29, 1.82) is 0 Å². The van der Waals surface area contributed by atoms with Crippen molar-refractivity contribution in [2.75, 3.05) is 40.1 Å². The Morgan fingerprint density at radius 3 is 2.47 bits per heavy atom. The van der Waals surface area contributed by atoms with Gasteiger partial charge in [0.25, 0.3) is 11.7 Å². The standard InChI is InChI=1S/C26H30N2O6/c1-4-27(5-2)13-6-14-28-23(17-7-10-19(32-3)11-8-17)22(25(30)26(28)31)24(29)18-9-12-20-21(15-18)34-16-33-20/h7-12,15,23,29H,4-6,13-14,16H2,1-3H3. The maximum absolute atomic E-state index is 13.2. The molecule has 0 radical (unpaired) electrons. The molecule has 1 N–H and O–H groups in total. The number of likely N-dealkylation sites (tertiary alicyclic amines) is 1. The Morgan fingerprint density at radius 1 is 1.09 bits per heavy atom. The van der Waals surface area contributed by atoms with Crippen LogP contribution in [0.2, 0.25) is 0 Å². The molecule has 34 heavy (non-hydrogen) atoms. The first-order valence-electron chi connectivity index (χ1n) is 11.5. The molecule has 2 aliphatic rings. The molecule has 0 aliphatic carbocycles. The number of ether oxygens (including phenoxy) is 3. The highest BCUT2D eigenvalue weighted by Gasteiger charge is 2.45. The molecule has 4 rings (SSSR count). The number of amides is 1. The molecule has 2 heterocycles. The molecular weight excluding hydrogens is 436 g/mol. The predicted octanol–water partition coefficient (Wildman–Crippen LogP) is 3.58. The zero-order valence-corrected chi connectivity index (χ0v) is 19.7. The van der Waals surface area contributed by atoms with E-state index in [9.17, 15) is 14.7 Å². The van der Waals surface area contributed by atoms with Gasteiger partial charge in [0, 0.05) is 12.1 Å². The monoisotopic (exact) mass is 466 g/mol. The number of carbonyl (C=O) groups excluding carboxylic acids is 2. The molecule has 8 nitrogen and oxygen atoms in total. The Hall–Kier alpha value is -3.52. The van der Waals surface area contributed by atoms with Gasteiger partial charge in [-0.1, -0.05) is 26.0 Å². The van der Waals surface area contributed by atoms with Crippen molar-refractivity contribution in [3.8, 4) is 17.2 Å². The number of hydrogen-bond acceptors (Lipinski definition) is 7. The van der Waals surface area contributed by atoms with Gasteiger partial charge in [0.1, 0.15) is 11.5 Å². The summed E-state index contributed by atoms with van der Waals surface area (Å²) in [5.74, 6) is 0.182. The van der Waals surface area contributed by atoms with Crippen LogP contribution >= 0.6 is 0 Å². The fourth-order valence-electron chi connectivity index (χ4n) is 4.45. The van der Waals surface area contributed by atoms with Crippen LogP contribution in [0.1, 0.15) is 37.4 Å². The maximum Gasteiger partial charge on any atom is 0.295 e. The minimum atomic E-state index is -0.701. The number of hydrogen-bond donors (Lipinski definition) is 1. The van der Waals surface area contributed by atoms with Gasteiger partial charge in [0.05, 0.1) is 18.7 Å². The van der Waals surface area contributed by atoms with Crippen LogP contribution in [-0.2, 0) is 9.59 Å². The summed E-state index contributed by atoms with van der Waals surface area (Å²) in [6.45, 7) is 7.34. The first-order valence-corrected chi connectivity index (χ1v) is 11.5. The smallest absolute Gasteiger partial charge is 0.295 e. The molecule has 2 aromatic carbocycles. The minimum absolute atomic E-state index is 0.0665. The van der Waals surface area contributed by atoms with Crippen LogP contribution in [0.4, 0.5) is 0 Å². The van der Waals surface area contributed by atoms with Crippen LogP contribution in [-0.4, -0.2) is 66.7 Å². The number of nitrogens with zero attached hydrogens (tertiary/aromatic N) is 2. The predicted molar refractivity (Wildman–Crippen MR) is 127 cm³/mol. The number of methoxy groups -OCH3 is 1. The second-order valence-electron chi connectivity index (χ2n) is 8.21. The van der Waals surface area contributed by atoms with E-state index in [2.05, 4.69) is 18.7 Å². The van der Waals surface area contributed by atoms with Crippen molar-refractivity contribution in [2.24, 2.45) is 0 Å². The molecular formula is C26H30N2O6. The molecule has 0 aromatic heterocycles. The van der Waals surface area contributed by atoms with Crippen molar-refractivity contribution < 1.29 is 28.9 Å². The van der Waals surface area contributed by atoms with Crippen LogP contribution in [0.5, 0.6) is 17.2 Å². The van der Waals surface area contributed by atoms with Gasteiger partial charge in [-0.05, 0) is 62.0 Å². The van der Waals surface area contributed by atoms with Crippen LogP contribution in [0.3, 0.4) is 0 Å². The highest BCUT2D eigenvalue weighted by molar-refractivity contribution is 6.46. The molecule has 0 bridgehead atoms. The Labute approximate surface area is 199 Å². The summed E-state index contributed by atoms with van der Waals surface area (Å²) >= 11 is 0. The van der Waals surface area contributed by atoms with Gasteiger partial charge in [0.15, 0.2) is 11.5 Å². The summed E-state index contributed by atoms with van der Waals surface area (Å²) in [5.41, 5.74) is 1.19. The second kappa shape index (κ2) is 10.2. The van der Waals surface area contributed by atoms with Gasteiger partial charge in [0.2, 0.25) is 6.79 Å². The first-order chi connectivity index (χ1) is 16.5. The zero-order chi connectivity index (χ0) is 24.2. The number of aliphatic hydroxyl groups is 1. The van der Waals surface area contributed by atoms with E-state index in [-0.39, 0.29) is 18.1 Å². The Balaban J connectivity index is 1.73. The van der Waals surface area contributed by atoms with E-state index in [4.69, 9.17) is 14.2 Å². The van der Waals surface area contributed by atoms with Crippen LogP contribution in [0.25, 0.3) is 5.76 Å². The Bertz CT molecular complexity index is 1090. The van der Waals surface area contributed by atoms with Crippen molar-refractivity contribution in [3.63, 3.8) is 0 Å². The van der Waals surface area contributed by atoms with Gasteiger partial charge in [-0.15, -0.1) is 0 Å². The van der Waals surface area contributed by atoms with Gasteiger partial charge in [-0.3, -0.25) is 9.59 Å². The zero-order valence-electron chi connectivity index (χ0n) is 19.7. The Morgan fingerprint density at radius 2 is 1.79 bits per heavy atom. The first kappa shape index (κ1) is 23.6. The van der Waals surface area contributed by atoms with Gasteiger partial charge < -0.3 is 29.1 Å². The van der Waals surface area contributed by atoms with Crippen LogP contribution in [0, 0.1) is 0 Å². The number of Topliss-reactive ketones (excluding diaryl/α,β-unsaturated/α-hetero) is 1. The third-order valence-electron chi connectivity index (χ3n) is 6.39. The third-order valence-corrected chi connectivity index (χ3v) is 6.39. The number of ketones is 1. The number of rotatable bonds is 9. The van der Waals surface area contributed by atoms with E-state index in [1.807, 2.05) is 12.1 Å². The molecule has 1 atom stereocenters. The number of benzene rings is 2. The van der Waals surface area contributed by atoms with E-state index >= 15 is 0 Å². The molecule has 1 saturated heterocycles. The molecule has 180 valence electrons. The average molecular weight is 467 g/mol. The minimum Gasteiger partial charge on any atom is -0.507 e. The lowest BCUT2D eigenvalue weighted by atomic mass is 9.95. The van der Waals surface area contributed by atoms with E-state index in [1.165, 1.54) is 0 Å². The van der Waals surface area contributed by atoms with Crippen molar-refractivity contribution in [3.05, 3.63) is 59.2 Å². The SMILES string of the molecule is CCN(CC)CCCN1C(=O)C(=O)C(=C(O)c2ccc3c(c2)OCO3)C1c1ccc(OC)cc1. The van der Waals surface area contributed by atoms with Crippen LogP contribution < -0.4 is 14.2 Å². The normalized spacial score (nSPS) is 18.7. The van der Waals surface area contributed by atoms with Crippen molar-refractivity contribution >= 4 is 17.4 Å². The fraction of sp³-hybridized carbons (Fsp3) is 0.385. The second-order valence-corrected chi connectivity index (χ2v) is 8.21. The van der Waals surface area contributed by atoms with Crippen molar-refractivity contribution in [1.82, 2.24) is 9.80 Å². The molecule has 1 amide bonds. The summed E-state index contributed by atoms with van der Waals surface area (Å²) < 4.78 is 16.0. The quantitative estimate of drug-likeness (QED) is 0.343. The van der Waals surface area contributed by atoms with Crippen LogP contribution in [0.15, 0.2) is 48.0 Å². The molecule has 1 unspecified atom stereocenters. The largest absolute Gasteiger partial charge is 0.507 e. The average Bonchev–Trinajstić information content (AvgIpc) is 3.44. The van der Waals surface area contributed by atoms with E-state index < -0.39 is 17.7 Å². The number of fused-ring (bicyclic) bond motifs is 1. The van der Waals surface area contributed by atoms with Crippen molar-refractivity contribution in [2.45, 2.75) is 26.3 Å². The number of carbonyl (C=O) groups is 2. The van der Waals surface area contributed by atoms with Gasteiger partial charge in [-0.25, -0.2) is 0 Å². The lowest BCUT2D eigenvalue weighted by Gasteiger charge is -2.27. The molecule has 0 spiro atoms. The lowest BCUT2D eigenvalue weighted by Crippen LogP contribution is -2.33. The molecule has 1 fully saturated rings. The van der Waals surface area contributed by atoms with E-state index in [0.717, 1.165) is 25.2 Å². The van der Waals surface area contributed by atoms with Gasteiger partial charge in [-0.2, -0.15) is 0 Å². The molecule has 2 aliphatic heterocycles. The molecule has 8 heteroatoms. The highest BCUT2D eigenvalue weighted by Crippen LogP contribution is 2.41. The summed E-state index contributed by atoms with van der Waals surface area (Å²) in [5, 5.41) is 11.2. The molecule has 2 aromatic rings. The summed E-state index contributed by atoms with van der Waals surface area (Å²) in [6, 6.07) is 11.5. The summed E-state index contributed by atoms with van der Waals surface area (Å²) in [4.78, 5) is 30.1. The highest BCUT2D eigenvalue weighted by atomic mass is 16.7. The molecule has 0 saturated carbocycles. The lowest BCUT2D eigenvalue weighted by molar-refractivity contribution is -0.140. The van der Waals surface area contributed by atoms with E-state index in [1.54, 1.807) is 42.3 Å². The fourth-order valence-corrected chi connectivity index (χ4v) is 4.45. The Kier molecular flexibility index (Phi) is 7.07. The maximum atomic E-state index is 13.2. The summed E-state index contributed by atoms with van der Waals surface area (Å²) in [6.07, 6.45) is 0.714.